The van der Waals surface area contributed by atoms with Gasteiger partial charge in [-0.3, -0.25) is 0 Å². The predicted octanol–water partition coefficient (Wildman–Crippen LogP) is -0.235. The first kappa shape index (κ1) is 19.5. The molecule has 0 saturated heterocycles. The molecule has 2 aliphatic rings. The summed E-state index contributed by atoms with van der Waals surface area (Å²) in [6.07, 6.45) is 0.644. The fourth-order valence-electron chi connectivity index (χ4n) is 4.34. The molecule has 14 radical (unpaired) electrons. The molecule has 0 fully saturated rings. The molecule has 1 nitrogen and oxygen atoms in total. The summed E-state index contributed by atoms with van der Waals surface area (Å²) in [5.41, 5.74) is 6.39. The van der Waals surface area contributed by atoms with Crippen LogP contribution in [0.1, 0.15) is 24.0 Å². The second-order valence-corrected chi connectivity index (χ2v) is 7.18. The third kappa shape index (κ3) is 2.49. The molecule has 8 heteroatoms. The molecule has 0 saturated carbocycles. The lowest BCUT2D eigenvalue weighted by molar-refractivity contribution is 0.803. The third-order valence-electron chi connectivity index (χ3n) is 5.77. The van der Waals surface area contributed by atoms with E-state index in [0.29, 0.717) is 33.8 Å². The monoisotopic (exact) mass is 343 g/mol. The van der Waals surface area contributed by atoms with Crippen LogP contribution in [0.5, 0.6) is 0 Å². The fraction of sp³-hybridized carbons (Fsp3) is 0.200. The van der Waals surface area contributed by atoms with Gasteiger partial charge in [-0.1, -0.05) is 52.9 Å². The first-order valence-electron chi connectivity index (χ1n) is 9.16. The van der Waals surface area contributed by atoms with E-state index >= 15 is 0 Å². The van der Waals surface area contributed by atoms with Crippen LogP contribution in [0.15, 0.2) is 52.4 Å². The molecule has 2 aromatic rings. The fourth-order valence-corrected chi connectivity index (χ4v) is 4.34. The molecule has 0 N–H and O–H groups in total. The molecule has 2 unspecified atom stereocenters. The lowest BCUT2D eigenvalue weighted by Crippen LogP contribution is -2.39. The summed E-state index contributed by atoms with van der Waals surface area (Å²) in [5.74, 6) is -0.985. The van der Waals surface area contributed by atoms with Crippen LogP contribution in [-0.2, 0) is 6.42 Å². The van der Waals surface area contributed by atoms with Gasteiger partial charge < -0.3 is 4.90 Å². The number of nitrogens with zero attached hydrogens (tertiary/aromatic N) is 1. The number of hydrogen-bond acceptors (Lipinski definition) is 1. The Morgan fingerprint density at radius 2 is 1.50 bits per heavy atom. The van der Waals surface area contributed by atoms with Gasteiger partial charge in [-0.25, -0.2) is 0 Å². The van der Waals surface area contributed by atoms with Crippen molar-refractivity contribution in [1.82, 2.24) is 0 Å². The molecular weight excluding hydrogens is 330 g/mol. The van der Waals surface area contributed by atoms with Gasteiger partial charge in [-0.2, -0.15) is 0 Å². The maximum Gasteiger partial charge on any atom is 0.117 e. The molecule has 2 aromatic carbocycles. The zero-order valence-electron chi connectivity index (χ0n) is 15.7. The van der Waals surface area contributed by atoms with Crippen molar-refractivity contribution >= 4 is 82.7 Å². The van der Waals surface area contributed by atoms with Crippen molar-refractivity contribution in [2.45, 2.75) is 25.1 Å². The average Bonchev–Trinajstić information content (AvgIpc) is 3.06. The Kier molecular flexibility index (Phi) is 4.80. The number of anilines is 2. The highest BCUT2D eigenvalue weighted by atomic mass is 15.2. The first-order chi connectivity index (χ1) is 13.3. The lowest BCUT2D eigenvalue weighted by Gasteiger charge is -2.36. The molecule has 0 amide bonds. The largest absolute Gasteiger partial charge is 0.315 e. The topological polar surface area (TPSA) is 3.24 Å². The Morgan fingerprint density at radius 3 is 2.11 bits per heavy atom. The van der Waals surface area contributed by atoms with Crippen LogP contribution < -0.4 is 21.3 Å². The SMILES string of the molecule is [B]C1=C([B])C([B])C2C(=C1[B])N(c1ccccc1)c1c([B])c(CC)c([B])c([B])c12. The van der Waals surface area contributed by atoms with E-state index in [-0.39, 0.29) is 5.47 Å². The van der Waals surface area contributed by atoms with Crippen LogP contribution in [0.3, 0.4) is 0 Å². The highest BCUT2D eigenvalue weighted by molar-refractivity contribution is 6.54. The molecule has 0 aromatic heterocycles. The van der Waals surface area contributed by atoms with Crippen LogP contribution in [0, 0.1) is 0 Å². The Bertz CT molecular complexity index is 1040. The number of rotatable bonds is 2. The summed E-state index contributed by atoms with van der Waals surface area (Å²) in [6, 6.07) is 9.74. The second kappa shape index (κ2) is 6.90. The summed E-state index contributed by atoms with van der Waals surface area (Å²) >= 11 is 0. The molecule has 0 bridgehead atoms. The summed E-state index contributed by atoms with van der Waals surface area (Å²) < 4.78 is 0. The van der Waals surface area contributed by atoms with Crippen molar-refractivity contribution in [2.24, 2.45) is 0 Å². The van der Waals surface area contributed by atoms with E-state index in [1.54, 1.807) is 0 Å². The normalized spacial score (nSPS) is 21.1. The summed E-state index contributed by atoms with van der Waals surface area (Å²) in [6.45, 7) is 1.99. The second-order valence-electron chi connectivity index (χ2n) is 7.18. The minimum atomic E-state index is -0.594. The number of allylic oxidation sites excluding steroid dienone is 4. The molecular formula is C20H12B7N. The molecule has 0 spiro atoms. The molecule has 118 valence electrons. The first-order valence-corrected chi connectivity index (χ1v) is 9.16. The Hall–Kier alpha value is -1.83. The zero-order valence-corrected chi connectivity index (χ0v) is 15.7. The number of para-hydroxylation sites is 1. The van der Waals surface area contributed by atoms with Gasteiger partial charge in [0.05, 0.1) is 7.85 Å². The molecule has 1 aliphatic heterocycles. The van der Waals surface area contributed by atoms with Crippen molar-refractivity contribution in [1.29, 1.82) is 0 Å². The molecule has 4 rings (SSSR count). The van der Waals surface area contributed by atoms with Gasteiger partial charge in [-0.05, 0) is 24.1 Å². The van der Waals surface area contributed by atoms with E-state index in [1.807, 2.05) is 42.2 Å². The molecule has 1 aliphatic carbocycles. The van der Waals surface area contributed by atoms with Gasteiger partial charge in [0.2, 0.25) is 0 Å². The summed E-state index contributed by atoms with van der Waals surface area (Å²) in [5, 5.41) is 0. The number of hydrogen-bond donors (Lipinski definition) is 0. The molecule has 28 heavy (non-hydrogen) atoms. The Balaban J connectivity index is 2.14. The van der Waals surface area contributed by atoms with Crippen LogP contribution in [0.4, 0.5) is 11.4 Å². The Labute approximate surface area is 176 Å². The van der Waals surface area contributed by atoms with E-state index < -0.39 is 11.7 Å². The van der Waals surface area contributed by atoms with Crippen molar-refractivity contribution in [3.05, 3.63) is 63.6 Å². The lowest BCUT2D eigenvalue weighted by atomic mass is 9.52. The van der Waals surface area contributed by atoms with Gasteiger partial charge in [0.25, 0.3) is 0 Å². The number of fused-ring (bicyclic) bond motifs is 3. The number of benzene rings is 2. The van der Waals surface area contributed by atoms with E-state index in [9.17, 15) is 0 Å². The van der Waals surface area contributed by atoms with E-state index in [4.69, 9.17) is 54.9 Å². The van der Waals surface area contributed by atoms with Crippen LogP contribution in [0.2, 0.25) is 5.82 Å². The highest BCUT2D eigenvalue weighted by Gasteiger charge is 2.43. The Morgan fingerprint density at radius 1 is 0.857 bits per heavy atom. The summed E-state index contributed by atoms with van der Waals surface area (Å²) in [4.78, 5) is 1.98. The molecule has 1 heterocycles. The van der Waals surface area contributed by atoms with Gasteiger partial charge in [0, 0.05) is 23.0 Å². The van der Waals surface area contributed by atoms with Gasteiger partial charge in [0.15, 0.2) is 0 Å². The maximum absolute atomic E-state index is 6.60. The van der Waals surface area contributed by atoms with E-state index in [0.717, 1.165) is 28.2 Å². The molecule has 2 atom stereocenters. The minimum absolute atomic E-state index is 0.285. The standard InChI is InChI=1S/C20H12B7N/c1-2-9-12(21)14(23)10-11-15(24)16(25)17(26)18(27)20(11)28(19(10)13(9)22)8-6-4-3-5-7-8/h3-7,11,15H,2H2,1H3. The third-order valence-corrected chi connectivity index (χ3v) is 5.77. The van der Waals surface area contributed by atoms with Crippen molar-refractivity contribution in [3.8, 4) is 0 Å². The van der Waals surface area contributed by atoms with Crippen molar-refractivity contribution < 1.29 is 0 Å². The highest BCUT2D eigenvalue weighted by Crippen LogP contribution is 2.55. The summed E-state index contributed by atoms with van der Waals surface area (Å²) in [7, 11) is 44.7. The quantitative estimate of drug-likeness (QED) is 0.682. The smallest absolute Gasteiger partial charge is 0.117 e. The van der Waals surface area contributed by atoms with Crippen molar-refractivity contribution in [3.63, 3.8) is 0 Å². The van der Waals surface area contributed by atoms with Crippen LogP contribution in [0.25, 0.3) is 0 Å². The van der Waals surface area contributed by atoms with Crippen LogP contribution >= 0.6 is 0 Å². The average molecular weight is 342 g/mol. The van der Waals surface area contributed by atoms with Gasteiger partial charge >= 0.3 is 0 Å². The zero-order chi connectivity index (χ0) is 20.3. The van der Waals surface area contributed by atoms with Crippen molar-refractivity contribution in [2.75, 3.05) is 4.90 Å². The van der Waals surface area contributed by atoms with Crippen LogP contribution in [-0.4, -0.2) is 54.9 Å². The maximum atomic E-state index is 6.60. The van der Waals surface area contributed by atoms with Gasteiger partial charge in [0.1, 0.15) is 47.1 Å². The van der Waals surface area contributed by atoms with Gasteiger partial charge in [-0.15, -0.1) is 16.4 Å². The van der Waals surface area contributed by atoms with E-state index in [1.165, 1.54) is 0 Å². The minimum Gasteiger partial charge on any atom is -0.315 e. The predicted molar refractivity (Wildman–Crippen MR) is 124 cm³/mol. The van der Waals surface area contributed by atoms with E-state index in [2.05, 4.69) is 0 Å².